The fraction of sp³-hybridized carbons (Fsp3) is 0.273. The monoisotopic (exact) mass is 161 g/mol. The lowest BCUT2D eigenvalue weighted by Crippen LogP contribution is -2.09. The molecule has 0 amide bonds. The normalized spacial score (nSPS) is 11.4. The van der Waals surface area contributed by atoms with Crippen LogP contribution >= 0.6 is 0 Å². The second-order valence-electron chi connectivity index (χ2n) is 2.93. The van der Waals surface area contributed by atoms with Crippen molar-refractivity contribution < 1.29 is 0 Å². The molecule has 1 nitrogen and oxygen atoms in total. The third kappa shape index (κ3) is 1.88. The van der Waals surface area contributed by atoms with E-state index in [4.69, 9.17) is 0 Å². The summed E-state index contributed by atoms with van der Waals surface area (Å²) in [5, 5.41) is 0. The van der Waals surface area contributed by atoms with Gasteiger partial charge >= 0.3 is 0 Å². The maximum absolute atomic E-state index is 2.12. The Balaban J connectivity index is 2.97. The Kier molecular flexibility index (Phi) is 2.92. The zero-order valence-corrected chi connectivity index (χ0v) is 7.91. The molecule has 0 aliphatic heterocycles. The Morgan fingerprint density at radius 2 is 1.75 bits per heavy atom. The van der Waals surface area contributed by atoms with Crippen LogP contribution in [0, 0.1) is 0 Å². The number of rotatable bonds is 2. The van der Waals surface area contributed by atoms with Crippen LogP contribution in [0.5, 0.6) is 0 Å². The third-order valence-corrected chi connectivity index (χ3v) is 1.82. The summed E-state index contributed by atoms with van der Waals surface area (Å²) in [5.74, 6) is 0. The molecule has 12 heavy (non-hydrogen) atoms. The van der Waals surface area contributed by atoms with Gasteiger partial charge < -0.3 is 4.90 Å². The molecule has 0 saturated carbocycles. The topological polar surface area (TPSA) is 3.24 Å². The average Bonchev–Trinajstić information content (AvgIpc) is 2.07. The van der Waals surface area contributed by atoms with Crippen molar-refractivity contribution in [3.05, 3.63) is 42.0 Å². The van der Waals surface area contributed by atoms with Crippen molar-refractivity contribution in [3.63, 3.8) is 0 Å². The first-order valence-corrected chi connectivity index (χ1v) is 4.14. The number of allylic oxidation sites excluding steroid dienone is 1. The van der Waals surface area contributed by atoms with Gasteiger partial charge in [0.15, 0.2) is 0 Å². The van der Waals surface area contributed by atoms with E-state index in [-0.39, 0.29) is 0 Å². The largest absolute Gasteiger partial charge is 0.377 e. The first kappa shape index (κ1) is 8.85. The van der Waals surface area contributed by atoms with Gasteiger partial charge in [0.25, 0.3) is 0 Å². The number of benzene rings is 1. The number of hydrogen-bond donors (Lipinski definition) is 0. The SMILES string of the molecule is CC=C(c1ccccc1)N(C)C. The second kappa shape index (κ2) is 3.96. The van der Waals surface area contributed by atoms with Crippen LogP contribution in [0.15, 0.2) is 36.4 Å². The van der Waals surface area contributed by atoms with Crippen molar-refractivity contribution in [1.82, 2.24) is 4.90 Å². The van der Waals surface area contributed by atoms with E-state index in [1.54, 1.807) is 0 Å². The van der Waals surface area contributed by atoms with Crippen LogP contribution in [0.3, 0.4) is 0 Å². The van der Waals surface area contributed by atoms with Gasteiger partial charge in [0, 0.05) is 19.8 Å². The molecule has 1 heteroatoms. The predicted octanol–water partition coefficient (Wildman–Crippen LogP) is 2.61. The standard InChI is InChI=1S/C11H15N/c1-4-11(12(2)3)10-8-6-5-7-9-10/h4-9H,1-3H3. The van der Waals surface area contributed by atoms with Gasteiger partial charge in [-0.05, 0) is 12.5 Å². The van der Waals surface area contributed by atoms with Crippen molar-refractivity contribution in [3.8, 4) is 0 Å². The average molecular weight is 161 g/mol. The fourth-order valence-corrected chi connectivity index (χ4v) is 1.29. The Morgan fingerprint density at radius 3 is 2.17 bits per heavy atom. The van der Waals surface area contributed by atoms with Crippen molar-refractivity contribution in [2.75, 3.05) is 14.1 Å². The molecule has 0 aromatic heterocycles. The van der Waals surface area contributed by atoms with Crippen LogP contribution in [-0.2, 0) is 0 Å². The number of hydrogen-bond acceptors (Lipinski definition) is 1. The number of nitrogens with zero attached hydrogens (tertiary/aromatic N) is 1. The highest BCUT2D eigenvalue weighted by Crippen LogP contribution is 2.14. The van der Waals surface area contributed by atoms with Gasteiger partial charge in [-0.15, -0.1) is 0 Å². The van der Waals surface area contributed by atoms with E-state index in [1.165, 1.54) is 11.3 Å². The highest BCUT2D eigenvalue weighted by Gasteiger charge is 1.99. The molecule has 64 valence electrons. The molecule has 1 rings (SSSR count). The van der Waals surface area contributed by atoms with E-state index in [9.17, 15) is 0 Å². The van der Waals surface area contributed by atoms with Crippen LogP contribution in [-0.4, -0.2) is 19.0 Å². The molecule has 0 bridgehead atoms. The lowest BCUT2D eigenvalue weighted by atomic mass is 10.1. The molecular weight excluding hydrogens is 146 g/mol. The smallest absolute Gasteiger partial charge is 0.0391 e. The molecule has 0 radical (unpaired) electrons. The molecule has 0 saturated heterocycles. The van der Waals surface area contributed by atoms with E-state index < -0.39 is 0 Å². The van der Waals surface area contributed by atoms with Crippen molar-refractivity contribution in [1.29, 1.82) is 0 Å². The first-order valence-electron chi connectivity index (χ1n) is 4.14. The van der Waals surface area contributed by atoms with E-state index in [1.807, 2.05) is 6.07 Å². The Labute approximate surface area is 74.3 Å². The summed E-state index contributed by atoms with van der Waals surface area (Å²) in [5.41, 5.74) is 2.53. The zero-order valence-electron chi connectivity index (χ0n) is 7.91. The summed E-state index contributed by atoms with van der Waals surface area (Å²) in [6.45, 7) is 2.06. The lowest BCUT2D eigenvalue weighted by Gasteiger charge is -2.16. The highest BCUT2D eigenvalue weighted by atomic mass is 15.1. The van der Waals surface area contributed by atoms with E-state index >= 15 is 0 Å². The maximum atomic E-state index is 2.12. The van der Waals surface area contributed by atoms with Crippen LogP contribution < -0.4 is 0 Å². The molecule has 1 aromatic carbocycles. The first-order chi connectivity index (χ1) is 5.75. The van der Waals surface area contributed by atoms with Gasteiger partial charge in [0.1, 0.15) is 0 Å². The summed E-state index contributed by atoms with van der Waals surface area (Å²) in [7, 11) is 4.12. The Bertz CT molecular complexity index is 260. The van der Waals surface area contributed by atoms with Gasteiger partial charge in [-0.25, -0.2) is 0 Å². The van der Waals surface area contributed by atoms with Gasteiger partial charge in [-0.2, -0.15) is 0 Å². The van der Waals surface area contributed by atoms with E-state index in [0.717, 1.165) is 0 Å². The second-order valence-corrected chi connectivity index (χ2v) is 2.93. The summed E-state index contributed by atoms with van der Waals surface area (Å²) >= 11 is 0. The fourth-order valence-electron chi connectivity index (χ4n) is 1.29. The summed E-state index contributed by atoms with van der Waals surface area (Å²) < 4.78 is 0. The molecule has 0 N–H and O–H groups in total. The molecule has 0 unspecified atom stereocenters. The molecule has 0 fully saturated rings. The third-order valence-electron chi connectivity index (χ3n) is 1.82. The summed E-state index contributed by atoms with van der Waals surface area (Å²) in [4.78, 5) is 2.12. The van der Waals surface area contributed by atoms with Gasteiger partial charge in [-0.1, -0.05) is 36.4 Å². The molecule has 0 aliphatic rings. The van der Waals surface area contributed by atoms with Crippen molar-refractivity contribution >= 4 is 5.70 Å². The van der Waals surface area contributed by atoms with Crippen LogP contribution in [0.1, 0.15) is 12.5 Å². The maximum Gasteiger partial charge on any atom is 0.0391 e. The quantitative estimate of drug-likeness (QED) is 0.644. The van der Waals surface area contributed by atoms with Crippen LogP contribution in [0.25, 0.3) is 5.70 Å². The minimum absolute atomic E-state index is 1.26. The van der Waals surface area contributed by atoms with Gasteiger partial charge in [0.05, 0.1) is 0 Å². The molecule has 1 aromatic rings. The van der Waals surface area contributed by atoms with Gasteiger partial charge in [0.2, 0.25) is 0 Å². The summed E-state index contributed by atoms with van der Waals surface area (Å²) in [6.07, 6.45) is 2.12. The van der Waals surface area contributed by atoms with Crippen LogP contribution in [0.2, 0.25) is 0 Å². The lowest BCUT2D eigenvalue weighted by molar-refractivity contribution is 0.591. The molecular formula is C11H15N. The highest BCUT2D eigenvalue weighted by molar-refractivity contribution is 5.63. The van der Waals surface area contributed by atoms with Crippen molar-refractivity contribution in [2.45, 2.75) is 6.92 Å². The molecule has 0 spiro atoms. The van der Waals surface area contributed by atoms with Crippen molar-refractivity contribution in [2.24, 2.45) is 0 Å². The summed E-state index contributed by atoms with van der Waals surface area (Å²) in [6, 6.07) is 10.4. The minimum Gasteiger partial charge on any atom is -0.377 e. The van der Waals surface area contributed by atoms with Crippen LogP contribution in [0.4, 0.5) is 0 Å². The van der Waals surface area contributed by atoms with E-state index in [2.05, 4.69) is 56.3 Å². The molecule has 0 aliphatic carbocycles. The molecule has 0 atom stereocenters. The zero-order chi connectivity index (χ0) is 8.97. The molecule has 0 heterocycles. The Morgan fingerprint density at radius 1 is 1.17 bits per heavy atom. The van der Waals surface area contributed by atoms with E-state index in [0.29, 0.717) is 0 Å². The predicted molar refractivity (Wildman–Crippen MR) is 53.8 cm³/mol. The van der Waals surface area contributed by atoms with Gasteiger partial charge in [-0.3, -0.25) is 0 Å². The Hall–Kier alpha value is -1.24. The minimum atomic E-state index is 1.26.